The number of fused-ring (bicyclic) bond motifs is 2. The molecule has 0 bridgehead atoms. The van der Waals surface area contributed by atoms with E-state index in [4.69, 9.17) is 14.2 Å². The van der Waals surface area contributed by atoms with Crippen molar-refractivity contribution in [1.82, 2.24) is 4.57 Å². The van der Waals surface area contributed by atoms with E-state index in [0.29, 0.717) is 21.7 Å². The number of ether oxygens (including phenoxy) is 3. The Morgan fingerprint density at radius 2 is 2.00 bits per heavy atom. The van der Waals surface area contributed by atoms with Gasteiger partial charge in [0, 0.05) is 18.2 Å². The highest BCUT2D eigenvalue weighted by molar-refractivity contribution is 7.16. The van der Waals surface area contributed by atoms with Crippen molar-refractivity contribution < 1.29 is 28.7 Å². The summed E-state index contributed by atoms with van der Waals surface area (Å²) in [6.45, 7) is 1.81. The number of hydrogen-bond acceptors (Lipinski definition) is 8. The van der Waals surface area contributed by atoms with Gasteiger partial charge < -0.3 is 18.8 Å². The first kappa shape index (κ1) is 19.6. The average Bonchev–Trinajstić information content (AvgIpc) is 3.30. The largest absolute Gasteiger partial charge is 0.465 e. The molecule has 1 aromatic heterocycles. The van der Waals surface area contributed by atoms with Crippen LogP contribution in [0.3, 0.4) is 0 Å². The summed E-state index contributed by atoms with van der Waals surface area (Å²) in [5.74, 6) is -0.237. The summed E-state index contributed by atoms with van der Waals surface area (Å²) >= 11 is 1.15. The van der Waals surface area contributed by atoms with Crippen LogP contribution in [-0.4, -0.2) is 34.8 Å². The normalized spacial score (nSPS) is 12.9. The van der Waals surface area contributed by atoms with Crippen LogP contribution < -0.4 is 14.3 Å². The molecule has 3 aromatic rings. The number of para-hydroxylation sites is 1. The summed E-state index contributed by atoms with van der Waals surface area (Å²) in [7, 11) is 0. The standard InChI is InChI=1S/C19H15N3O7S/c1-2-27-17(23)9-21-13-7-14-15(29-10-28-14)8-16(13)30-19(21)20-18(24)11-5-3-4-6-12(11)22(25)26/h3-8H,2,9-10H2,1H3. The van der Waals surface area contributed by atoms with E-state index in [9.17, 15) is 19.7 Å². The minimum absolute atomic E-state index is 0.0951. The second kappa shape index (κ2) is 7.95. The predicted molar refractivity (Wildman–Crippen MR) is 106 cm³/mol. The van der Waals surface area contributed by atoms with Crippen LogP contribution >= 0.6 is 11.3 Å². The zero-order valence-corrected chi connectivity index (χ0v) is 16.5. The third-order valence-corrected chi connectivity index (χ3v) is 5.34. The molecule has 30 heavy (non-hydrogen) atoms. The number of rotatable bonds is 5. The first-order valence-corrected chi connectivity index (χ1v) is 9.70. The number of carbonyl (C=O) groups is 2. The van der Waals surface area contributed by atoms with Crippen LogP contribution in [0.2, 0.25) is 0 Å². The Morgan fingerprint density at radius 3 is 2.73 bits per heavy atom. The van der Waals surface area contributed by atoms with Crippen LogP contribution in [0.1, 0.15) is 17.3 Å². The van der Waals surface area contributed by atoms with E-state index in [-0.39, 0.29) is 36.0 Å². The topological polar surface area (TPSA) is 122 Å². The van der Waals surface area contributed by atoms with E-state index >= 15 is 0 Å². The fraction of sp³-hybridized carbons (Fsp3) is 0.211. The van der Waals surface area contributed by atoms with E-state index in [1.807, 2.05) is 0 Å². The molecule has 1 aliphatic rings. The lowest BCUT2D eigenvalue weighted by molar-refractivity contribution is -0.385. The van der Waals surface area contributed by atoms with Gasteiger partial charge in [-0.05, 0) is 13.0 Å². The maximum atomic E-state index is 12.7. The molecule has 0 unspecified atom stereocenters. The van der Waals surface area contributed by atoms with Gasteiger partial charge in [-0.1, -0.05) is 23.5 Å². The molecule has 154 valence electrons. The minimum Gasteiger partial charge on any atom is -0.465 e. The molecule has 0 fully saturated rings. The molecule has 2 heterocycles. The second-order valence-corrected chi connectivity index (χ2v) is 7.15. The third-order valence-electron chi connectivity index (χ3n) is 4.30. The van der Waals surface area contributed by atoms with Crippen molar-refractivity contribution in [3.63, 3.8) is 0 Å². The Hall–Kier alpha value is -3.73. The van der Waals surface area contributed by atoms with Crippen molar-refractivity contribution in [3.05, 3.63) is 56.9 Å². The SMILES string of the molecule is CCOC(=O)Cn1c(=NC(=O)c2ccccc2[N+](=O)[O-])sc2cc3c(cc21)OCO3. The molecule has 1 amide bonds. The van der Waals surface area contributed by atoms with Gasteiger partial charge in [-0.15, -0.1) is 0 Å². The van der Waals surface area contributed by atoms with Gasteiger partial charge in [0.1, 0.15) is 12.1 Å². The van der Waals surface area contributed by atoms with Gasteiger partial charge in [0.25, 0.3) is 11.6 Å². The van der Waals surface area contributed by atoms with E-state index in [0.717, 1.165) is 11.3 Å². The zero-order valence-electron chi connectivity index (χ0n) is 15.7. The maximum absolute atomic E-state index is 12.7. The number of aromatic nitrogens is 1. The highest BCUT2D eigenvalue weighted by Gasteiger charge is 2.22. The van der Waals surface area contributed by atoms with E-state index in [1.165, 1.54) is 28.8 Å². The van der Waals surface area contributed by atoms with E-state index in [2.05, 4.69) is 4.99 Å². The number of amides is 1. The lowest BCUT2D eigenvalue weighted by Gasteiger charge is -2.05. The van der Waals surface area contributed by atoms with Gasteiger partial charge in [-0.2, -0.15) is 4.99 Å². The Balaban J connectivity index is 1.86. The van der Waals surface area contributed by atoms with Gasteiger partial charge >= 0.3 is 5.97 Å². The molecular formula is C19H15N3O7S. The molecule has 1 aliphatic heterocycles. The Labute approximate surface area is 173 Å². The minimum atomic E-state index is -0.786. The molecule has 4 rings (SSSR count). The molecule has 0 radical (unpaired) electrons. The molecule has 0 N–H and O–H groups in total. The summed E-state index contributed by atoms with van der Waals surface area (Å²) in [4.78, 5) is 39.7. The molecule has 0 atom stereocenters. The number of hydrogen-bond donors (Lipinski definition) is 0. The highest BCUT2D eigenvalue weighted by atomic mass is 32.1. The summed E-state index contributed by atoms with van der Waals surface area (Å²) < 4.78 is 18.0. The van der Waals surface area contributed by atoms with Crippen molar-refractivity contribution in [2.24, 2.45) is 4.99 Å². The number of carbonyl (C=O) groups excluding carboxylic acids is 2. The van der Waals surface area contributed by atoms with Crippen molar-refractivity contribution in [2.45, 2.75) is 13.5 Å². The molecular weight excluding hydrogens is 414 g/mol. The van der Waals surface area contributed by atoms with Crippen LogP contribution in [0.4, 0.5) is 5.69 Å². The number of thiazole rings is 1. The van der Waals surface area contributed by atoms with Gasteiger partial charge in [0.15, 0.2) is 16.3 Å². The summed E-state index contributed by atoms with van der Waals surface area (Å²) in [5.41, 5.74) is 0.119. The summed E-state index contributed by atoms with van der Waals surface area (Å²) in [6.07, 6.45) is 0. The van der Waals surface area contributed by atoms with Crippen LogP contribution in [-0.2, 0) is 16.1 Å². The monoisotopic (exact) mass is 429 g/mol. The molecule has 0 saturated heterocycles. The zero-order chi connectivity index (χ0) is 21.3. The molecule has 0 saturated carbocycles. The van der Waals surface area contributed by atoms with Crippen LogP contribution in [0.25, 0.3) is 10.2 Å². The number of benzene rings is 2. The lowest BCUT2D eigenvalue weighted by Crippen LogP contribution is -2.23. The quantitative estimate of drug-likeness (QED) is 0.347. The van der Waals surface area contributed by atoms with Gasteiger partial charge in [-0.3, -0.25) is 19.7 Å². The van der Waals surface area contributed by atoms with Crippen molar-refractivity contribution in [1.29, 1.82) is 0 Å². The van der Waals surface area contributed by atoms with E-state index < -0.39 is 16.8 Å². The average molecular weight is 429 g/mol. The summed E-state index contributed by atoms with van der Waals surface area (Å²) in [6, 6.07) is 8.99. The van der Waals surface area contributed by atoms with Gasteiger partial charge in [0.2, 0.25) is 6.79 Å². The summed E-state index contributed by atoms with van der Waals surface area (Å²) in [5, 5.41) is 11.2. The Bertz CT molecular complexity index is 1240. The Morgan fingerprint density at radius 1 is 1.27 bits per heavy atom. The second-order valence-electron chi connectivity index (χ2n) is 6.14. The lowest BCUT2D eigenvalue weighted by atomic mass is 10.2. The molecule has 10 nitrogen and oxygen atoms in total. The predicted octanol–water partition coefficient (Wildman–Crippen LogP) is 2.64. The third kappa shape index (κ3) is 3.62. The first-order chi connectivity index (χ1) is 14.5. The maximum Gasteiger partial charge on any atom is 0.326 e. The molecule has 2 aromatic carbocycles. The Kier molecular flexibility index (Phi) is 5.19. The fourth-order valence-corrected chi connectivity index (χ4v) is 4.03. The molecule has 0 aliphatic carbocycles. The van der Waals surface area contributed by atoms with Crippen molar-refractivity contribution >= 4 is 39.1 Å². The van der Waals surface area contributed by atoms with E-state index in [1.54, 1.807) is 19.1 Å². The molecule has 11 heteroatoms. The smallest absolute Gasteiger partial charge is 0.326 e. The van der Waals surface area contributed by atoms with Crippen LogP contribution in [0.5, 0.6) is 11.5 Å². The number of nitro benzene ring substituents is 1. The van der Waals surface area contributed by atoms with Crippen molar-refractivity contribution in [2.75, 3.05) is 13.4 Å². The fourth-order valence-electron chi connectivity index (χ4n) is 2.99. The van der Waals surface area contributed by atoms with Gasteiger partial charge in [0.05, 0.1) is 21.7 Å². The number of nitro groups is 1. The highest BCUT2D eigenvalue weighted by Crippen LogP contribution is 2.37. The first-order valence-electron chi connectivity index (χ1n) is 8.89. The molecule has 0 spiro atoms. The number of esters is 1. The van der Waals surface area contributed by atoms with Gasteiger partial charge in [-0.25, -0.2) is 0 Å². The van der Waals surface area contributed by atoms with Crippen molar-refractivity contribution in [3.8, 4) is 11.5 Å². The van der Waals surface area contributed by atoms with Crippen LogP contribution in [0.15, 0.2) is 41.4 Å². The van der Waals surface area contributed by atoms with Crippen LogP contribution in [0, 0.1) is 10.1 Å². The number of nitrogens with zero attached hydrogens (tertiary/aromatic N) is 3.